The van der Waals surface area contributed by atoms with Crippen molar-refractivity contribution >= 4 is 40.0 Å². The number of hydrogen-bond donors (Lipinski definition) is 2. The van der Waals surface area contributed by atoms with E-state index in [9.17, 15) is 8.42 Å². The molecule has 0 bridgehead atoms. The van der Waals surface area contributed by atoms with Crippen LogP contribution in [0.2, 0.25) is 0 Å². The molecular weight excluding hydrogens is 479 g/mol. The van der Waals surface area contributed by atoms with Crippen LogP contribution < -0.4 is 14.8 Å². The molecule has 9 heteroatoms. The van der Waals surface area contributed by atoms with Gasteiger partial charge in [-0.1, -0.05) is 12.1 Å². The number of benzene rings is 1. The molecule has 0 amide bonds. The highest BCUT2D eigenvalue weighted by Crippen LogP contribution is 2.28. The van der Waals surface area contributed by atoms with Crippen molar-refractivity contribution in [2.45, 2.75) is 25.7 Å². The Morgan fingerprint density at radius 3 is 2.63 bits per heavy atom. The van der Waals surface area contributed by atoms with Gasteiger partial charge < -0.3 is 15.0 Å². The van der Waals surface area contributed by atoms with Crippen LogP contribution in [-0.2, 0) is 10.0 Å². The average molecular weight is 510 g/mol. The molecule has 0 saturated carbocycles. The third kappa shape index (κ3) is 8.22. The normalized spacial score (nSPS) is 17.5. The first kappa shape index (κ1) is 24.0. The molecule has 0 spiro atoms. The van der Waals surface area contributed by atoms with Gasteiger partial charge in [0.15, 0.2) is 5.96 Å². The maximum Gasteiger partial charge on any atom is 0.208 e. The number of methoxy groups -OCH3 is 1. The Morgan fingerprint density at radius 2 is 2.04 bits per heavy atom. The average Bonchev–Trinajstić information content (AvgIpc) is 3.09. The lowest BCUT2D eigenvalue weighted by Gasteiger charge is -2.22. The van der Waals surface area contributed by atoms with Crippen molar-refractivity contribution in [2.75, 3.05) is 46.1 Å². The monoisotopic (exact) mass is 510 g/mol. The number of ether oxygens (including phenoxy) is 1. The fraction of sp³-hybridized carbons (Fsp3) is 0.611. The van der Waals surface area contributed by atoms with Crippen LogP contribution in [0.15, 0.2) is 29.3 Å². The van der Waals surface area contributed by atoms with Crippen LogP contribution in [0.3, 0.4) is 0 Å². The molecule has 2 N–H and O–H groups in total. The minimum Gasteiger partial charge on any atom is -0.497 e. The maximum absolute atomic E-state index is 11.1. The molecule has 1 saturated heterocycles. The van der Waals surface area contributed by atoms with Crippen LogP contribution >= 0.6 is 24.0 Å². The van der Waals surface area contributed by atoms with Crippen molar-refractivity contribution in [3.8, 4) is 5.75 Å². The van der Waals surface area contributed by atoms with E-state index in [-0.39, 0.29) is 24.0 Å². The van der Waals surface area contributed by atoms with Gasteiger partial charge in [0, 0.05) is 38.6 Å². The van der Waals surface area contributed by atoms with E-state index in [1.807, 2.05) is 12.1 Å². The molecule has 1 aromatic carbocycles. The zero-order valence-electron chi connectivity index (χ0n) is 16.3. The summed E-state index contributed by atoms with van der Waals surface area (Å²) in [7, 11) is -1.45. The standard InChI is InChI=1S/C18H30N4O3S.HI/c1-4-19-18(20-11-5-12-21-26(3,23)24)22-13-10-16(14-22)15-6-8-17(25-2)9-7-15;/h6-9,16,21H,4-5,10-14H2,1-3H3,(H,19,20);1H. The van der Waals surface area contributed by atoms with Crippen LogP contribution in [0, 0.1) is 0 Å². The molecule has 0 aliphatic carbocycles. The molecule has 0 radical (unpaired) electrons. The zero-order valence-corrected chi connectivity index (χ0v) is 19.4. The van der Waals surface area contributed by atoms with Crippen molar-refractivity contribution < 1.29 is 13.2 Å². The number of aliphatic imine (C=N–C) groups is 1. The molecule has 154 valence electrons. The lowest BCUT2D eigenvalue weighted by Crippen LogP contribution is -2.40. The first-order valence-electron chi connectivity index (χ1n) is 9.04. The highest BCUT2D eigenvalue weighted by molar-refractivity contribution is 14.0. The van der Waals surface area contributed by atoms with Crippen molar-refractivity contribution in [2.24, 2.45) is 4.99 Å². The van der Waals surface area contributed by atoms with E-state index in [1.54, 1.807) is 7.11 Å². The first-order chi connectivity index (χ1) is 12.4. The van der Waals surface area contributed by atoms with E-state index in [4.69, 9.17) is 4.74 Å². The fourth-order valence-corrected chi connectivity index (χ4v) is 3.56. The molecule has 27 heavy (non-hydrogen) atoms. The van der Waals surface area contributed by atoms with Gasteiger partial charge in [-0.15, -0.1) is 24.0 Å². The van der Waals surface area contributed by atoms with Crippen molar-refractivity contribution in [1.82, 2.24) is 14.9 Å². The summed E-state index contributed by atoms with van der Waals surface area (Å²) in [6.45, 7) is 5.76. The van der Waals surface area contributed by atoms with Gasteiger partial charge in [-0.2, -0.15) is 0 Å². The second-order valence-corrected chi connectivity index (χ2v) is 8.29. The van der Waals surface area contributed by atoms with Gasteiger partial charge in [0.25, 0.3) is 0 Å². The summed E-state index contributed by atoms with van der Waals surface area (Å²) in [4.78, 5) is 6.93. The third-order valence-electron chi connectivity index (χ3n) is 4.37. The number of nitrogens with one attached hydrogen (secondary N) is 2. The summed E-state index contributed by atoms with van der Waals surface area (Å²) in [6.07, 6.45) is 2.94. The Hall–Kier alpha value is -1.07. The maximum atomic E-state index is 11.1. The molecule has 0 aromatic heterocycles. The molecule has 1 atom stereocenters. The van der Waals surface area contributed by atoms with E-state index in [0.29, 0.717) is 25.4 Å². The Bertz CT molecular complexity index is 695. The van der Waals surface area contributed by atoms with Gasteiger partial charge in [-0.3, -0.25) is 4.99 Å². The van der Waals surface area contributed by atoms with E-state index in [2.05, 4.69) is 39.0 Å². The predicted molar refractivity (Wildman–Crippen MR) is 121 cm³/mol. The molecule has 1 heterocycles. The van der Waals surface area contributed by atoms with Gasteiger partial charge in [0.2, 0.25) is 10.0 Å². The molecule has 7 nitrogen and oxygen atoms in total. The van der Waals surface area contributed by atoms with Crippen LogP contribution in [0.5, 0.6) is 5.75 Å². The second kappa shape index (κ2) is 11.7. The Kier molecular flexibility index (Phi) is 10.4. The lowest BCUT2D eigenvalue weighted by atomic mass is 9.98. The number of likely N-dealkylation sites (tertiary alicyclic amines) is 1. The SMILES string of the molecule is CCNC(=NCCCNS(C)(=O)=O)N1CCC(c2ccc(OC)cc2)C1.I. The van der Waals surface area contributed by atoms with Crippen LogP contribution in [0.1, 0.15) is 31.2 Å². The molecule has 1 aliphatic heterocycles. The molecule has 1 aromatic rings. The van der Waals surface area contributed by atoms with E-state index in [0.717, 1.165) is 37.8 Å². The quantitative estimate of drug-likeness (QED) is 0.242. The van der Waals surface area contributed by atoms with Gasteiger partial charge in [0.05, 0.1) is 13.4 Å². The zero-order chi connectivity index (χ0) is 19.0. The second-order valence-electron chi connectivity index (χ2n) is 6.46. The van der Waals surface area contributed by atoms with Crippen molar-refractivity contribution in [3.05, 3.63) is 29.8 Å². The molecular formula is C18H31IN4O3S. The molecule has 2 rings (SSSR count). The minimum atomic E-state index is -3.13. The number of rotatable bonds is 8. The fourth-order valence-electron chi connectivity index (χ4n) is 3.05. The minimum absolute atomic E-state index is 0. The number of sulfonamides is 1. The van der Waals surface area contributed by atoms with E-state index in [1.165, 1.54) is 11.8 Å². The third-order valence-corrected chi connectivity index (χ3v) is 5.10. The number of halogens is 1. The summed E-state index contributed by atoms with van der Waals surface area (Å²) < 4.78 is 29.9. The first-order valence-corrected chi connectivity index (χ1v) is 10.9. The van der Waals surface area contributed by atoms with Gasteiger partial charge in [-0.05, 0) is 37.5 Å². The number of hydrogen-bond acceptors (Lipinski definition) is 4. The summed E-state index contributed by atoms with van der Waals surface area (Å²) in [5.74, 6) is 2.26. The number of guanidine groups is 1. The van der Waals surface area contributed by atoms with E-state index >= 15 is 0 Å². The summed E-state index contributed by atoms with van der Waals surface area (Å²) >= 11 is 0. The predicted octanol–water partition coefficient (Wildman–Crippen LogP) is 2.01. The largest absolute Gasteiger partial charge is 0.497 e. The van der Waals surface area contributed by atoms with Crippen LogP contribution in [0.25, 0.3) is 0 Å². The van der Waals surface area contributed by atoms with Gasteiger partial charge in [-0.25, -0.2) is 13.1 Å². The van der Waals surface area contributed by atoms with Gasteiger partial charge >= 0.3 is 0 Å². The Morgan fingerprint density at radius 1 is 1.33 bits per heavy atom. The van der Waals surface area contributed by atoms with Crippen molar-refractivity contribution in [3.63, 3.8) is 0 Å². The molecule has 1 fully saturated rings. The molecule has 1 unspecified atom stereocenters. The highest BCUT2D eigenvalue weighted by atomic mass is 127. The Balaban J connectivity index is 0.00000364. The smallest absolute Gasteiger partial charge is 0.208 e. The topological polar surface area (TPSA) is 83.0 Å². The summed E-state index contributed by atoms with van der Waals surface area (Å²) in [6, 6.07) is 8.28. The summed E-state index contributed by atoms with van der Waals surface area (Å²) in [5, 5.41) is 3.34. The lowest BCUT2D eigenvalue weighted by molar-refractivity contribution is 0.414. The van der Waals surface area contributed by atoms with Crippen molar-refractivity contribution in [1.29, 1.82) is 0 Å². The van der Waals surface area contributed by atoms with Crippen LogP contribution in [0.4, 0.5) is 0 Å². The van der Waals surface area contributed by atoms with Gasteiger partial charge in [0.1, 0.15) is 5.75 Å². The van der Waals surface area contributed by atoms with Crippen LogP contribution in [-0.4, -0.2) is 65.4 Å². The molecule has 1 aliphatic rings. The highest BCUT2D eigenvalue weighted by Gasteiger charge is 2.26. The number of nitrogens with zero attached hydrogens (tertiary/aromatic N) is 2. The Labute approximate surface area is 180 Å². The van der Waals surface area contributed by atoms with E-state index < -0.39 is 10.0 Å². The summed E-state index contributed by atoms with van der Waals surface area (Å²) in [5.41, 5.74) is 1.32.